The third-order valence-electron chi connectivity index (χ3n) is 11.9. The standard InChI is InChI=1S/C28H44/c1-7-19(3)22-11-12-23-21-10-9-20-17-28(18-25(28,4)8-2)16-15-26(20,5)24(21)13-14-27(22,23)6/h7,13,20-23H,8-12,14-18H2,1-6H3/b19-7+/t20-,21+,22-,23?,25-,26+,27-,28-/m1/s1. The Morgan fingerprint density at radius 1 is 1.11 bits per heavy atom. The summed E-state index contributed by atoms with van der Waals surface area (Å²) >= 11 is 0. The number of rotatable bonds is 2. The van der Waals surface area contributed by atoms with Gasteiger partial charge in [-0.3, -0.25) is 0 Å². The predicted octanol–water partition coefficient (Wildman–Crippen LogP) is 8.34. The van der Waals surface area contributed by atoms with Crippen LogP contribution in [0.1, 0.15) is 106 Å². The lowest BCUT2D eigenvalue weighted by atomic mass is 9.47. The van der Waals surface area contributed by atoms with Crippen molar-refractivity contribution < 1.29 is 0 Å². The maximum atomic E-state index is 2.80. The number of hydrogen-bond acceptors (Lipinski definition) is 0. The van der Waals surface area contributed by atoms with Gasteiger partial charge in [0.15, 0.2) is 0 Å². The quantitative estimate of drug-likeness (QED) is 0.422. The van der Waals surface area contributed by atoms with Gasteiger partial charge in [0.25, 0.3) is 0 Å². The van der Waals surface area contributed by atoms with Gasteiger partial charge in [-0.15, -0.1) is 0 Å². The highest BCUT2D eigenvalue weighted by molar-refractivity contribution is 5.32. The Bertz CT molecular complexity index is 726. The van der Waals surface area contributed by atoms with Crippen LogP contribution in [0.4, 0.5) is 0 Å². The summed E-state index contributed by atoms with van der Waals surface area (Å²) in [5, 5.41) is 0. The number of hydrogen-bond donors (Lipinski definition) is 0. The molecular weight excluding hydrogens is 336 g/mol. The van der Waals surface area contributed by atoms with Crippen LogP contribution in [0.15, 0.2) is 23.3 Å². The molecule has 0 N–H and O–H groups in total. The Morgan fingerprint density at radius 3 is 2.57 bits per heavy atom. The maximum absolute atomic E-state index is 2.80. The molecule has 0 aromatic carbocycles. The predicted molar refractivity (Wildman–Crippen MR) is 120 cm³/mol. The van der Waals surface area contributed by atoms with Gasteiger partial charge >= 0.3 is 0 Å². The zero-order valence-corrected chi connectivity index (χ0v) is 19.5. The molecule has 1 unspecified atom stereocenters. The van der Waals surface area contributed by atoms with Gasteiger partial charge in [0, 0.05) is 0 Å². The molecule has 4 saturated carbocycles. The largest absolute Gasteiger partial charge is 0.0884 e. The zero-order chi connectivity index (χ0) is 19.9. The molecule has 0 aromatic heterocycles. The van der Waals surface area contributed by atoms with Gasteiger partial charge in [0.2, 0.25) is 0 Å². The molecule has 28 heavy (non-hydrogen) atoms. The van der Waals surface area contributed by atoms with Crippen molar-refractivity contribution in [3.05, 3.63) is 23.3 Å². The van der Waals surface area contributed by atoms with E-state index in [0.717, 1.165) is 29.1 Å². The monoisotopic (exact) mass is 380 g/mol. The van der Waals surface area contributed by atoms with Crippen molar-refractivity contribution in [1.29, 1.82) is 0 Å². The molecule has 0 nitrogen and oxygen atoms in total. The SMILES string of the molecule is C/C=C(\C)[C@H]1CCC2[C@@H]3CC[C@@H]4C[C@]5(CC[C@]4(C)C3=CC[C@@]21C)C[C@@]5(C)CC. The third kappa shape index (κ3) is 2.30. The van der Waals surface area contributed by atoms with Crippen molar-refractivity contribution in [2.75, 3.05) is 0 Å². The molecule has 8 atom stereocenters. The normalized spacial score (nSPS) is 55.4. The van der Waals surface area contributed by atoms with Crippen LogP contribution in [0, 0.1) is 45.3 Å². The van der Waals surface area contributed by atoms with Crippen LogP contribution in [0.25, 0.3) is 0 Å². The molecule has 156 valence electrons. The highest BCUT2D eigenvalue weighted by Gasteiger charge is 2.67. The van der Waals surface area contributed by atoms with E-state index >= 15 is 0 Å². The zero-order valence-electron chi connectivity index (χ0n) is 19.5. The molecule has 0 saturated heterocycles. The van der Waals surface area contributed by atoms with E-state index in [-0.39, 0.29) is 0 Å². The van der Waals surface area contributed by atoms with Gasteiger partial charge in [-0.25, -0.2) is 0 Å². The minimum atomic E-state index is 0.528. The first-order chi connectivity index (χ1) is 13.2. The van der Waals surface area contributed by atoms with Gasteiger partial charge in [0.1, 0.15) is 0 Å². The molecule has 5 aliphatic carbocycles. The van der Waals surface area contributed by atoms with Crippen LogP contribution in [-0.4, -0.2) is 0 Å². The summed E-state index contributed by atoms with van der Waals surface area (Å²) in [6, 6.07) is 0. The van der Waals surface area contributed by atoms with Gasteiger partial charge in [0.05, 0.1) is 0 Å². The molecular formula is C28H44. The molecule has 0 bridgehead atoms. The average molecular weight is 381 g/mol. The lowest BCUT2D eigenvalue weighted by molar-refractivity contribution is 0.00640. The first-order valence-corrected chi connectivity index (χ1v) is 12.6. The molecule has 0 aliphatic heterocycles. The van der Waals surface area contributed by atoms with Crippen LogP contribution in [0.5, 0.6) is 0 Å². The second-order valence-electron chi connectivity index (χ2n) is 12.5. The smallest absolute Gasteiger partial charge is 0.00848 e. The lowest BCUT2D eigenvalue weighted by Gasteiger charge is -2.58. The molecule has 4 fully saturated rings. The molecule has 0 heteroatoms. The molecule has 1 spiro atoms. The fourth-order valence-electron chi connectivity index (χ4n) is 9.47. The van der Waals surface area contributed by atoms with Gasteiger partial charge in [-0.05, 0) is 117 Å². The summed E-state index contributed by atoms with van der Waals surface area (Å²) in [6.07, 6.45) is 19.9. The van der Waals surface area contributed by atoms with Crippen molar-refractivity contribution in [2.45, 2.75) is 106 Å². The fourth-order valence-corrected chi connectivity index (χ4v) is 9.47. The second-order valence-corrected chi connectivity index (χ2v) is 12.5. The number of allylic oxidation sites excluding steroid dienone is 4. The van der Waals surface area contributed by atoms with Crippen LogP contribution in [-0.2, 0) is 0 Å². The Hall–Kier alpha value is -0.520. The van der Waals surface area contributed by atoms with Crippen molar-refractivity contribution in [1.82, 2.24) is 0 Å². The van der Waals surface area contributed by atoms with Crippen molar-refractivity contribution in [2.24, 2.45) is 45.3 Å². The van der Waals surface area contributed by atoms with E-state index in [1.165, 1.54) is 57.8 Å². The summed E-state index contributed by atoms with van der Waals surface area (Å²) in [5.74, 6) is 3.65. The highest BCUT2D eigenvalue weighted by Crippen LogP contribution is 2.77. The molecule has 5 rings (SSSR count). The highest BCUT2D eigenvalue weighted by atomic mass is 14.7. The van der Waals surface area contributed by atoms with Gasteiger partial charge in [-0.2, -0.15) is 0 Å². The van der Waals surface area contributed by atoms with Crippen molar-refractivity contribution in [3.63, 3.8) is 0 Å². The van der Waals surface area contributed by atoms with Crippen LogP contribution >= 0.6 is 0 Å². The lowest BCUT2D eigenvalue weighted by Crippen LogP contribution is -2.48. The third-order valence-corrected chi connectivity index (χ3v) is 11.9. The summed E-state index contributed by atoms with van der Waals surface area (Å²) in [6.45, 7) is 15.0. The Kier molecular flexibility index (Phi) is 4.17. The molecule has 5 aliphatic rings. The van der Waals surface area contributed by atoms with E-state index in [1.54, 1.807) is 12.0 Å². The Labute approximate surface area is 174 Å². The van der Waals surface area contributed by atoms with Gasteiger partial charge < -0.3 is 0 Å². The Morgan fingerprint density at radius 2 is 1.89 bits per heavy atom. The van der Waals surface area contributed by atoms with Crippen LogP contribution < -0.4 is 0 Å². The fraction of sp³-hybridized carbons (Fsp3) is 0.857. The van der Waals surface area contributed by atoms with Crippen LogP contribution in [0.2, 0.25) is 0 Å². The van der Waals surface area contributed by atoms with Crippen LogP contribution in [0.3, 0.4) is 0 Å². The molecule has 0 aromatic rings. The average Bonchev–Trinajstić information content (AvgIpc) is 3.08. The van der Waals surface area contributed by atoms with E-state index in [4.69, 9.17) is 0 Å². The molecule has 0 radical (unpaired) electrons. The topological polar surface area (TPSA) is 0 Å². The summed E-state index contributed by atoms with van der Waals surface area (Å²) in [7, 11) is 0. The molecule has 0 amide bonds. The minimum Gasteiger partial charge on any atom is -0.0884 e. The number of fused-ring (bicyclic) bond motifs is 5. The van der Waals surface area contributed by atoms with E-state index in [1.807, 2.05) is 5.57 Å². The van der Waals surface area contributed by atoms with E-state index in [0.29, 0.717) is 16.2 Å². The van der Waals surface area contributed by atoms with Crippen molar-refractivity contribution >= 4 is 0 Å². The summed E-state index contributed by atoms with van der Waals surface area (Å²) in [4.78, 5) is 0. The van der Waals surface area contributed by atoms with Gasteiger partial charge in [-0.1, -0.05) is 57.4 Å². The van der Waals surface area contributed by atoms with E-state index < -0.39 is 0 Å². The molecule has 0 heterocycles. The van der Waals surface area contributed by atoms with E-state index in [9.17, 15) is 0 Å². The van der Waals surface area contributed by atoms with Crippen molar-refractivity contribution in [3.8, 4) is 0 Å². The first-order valence-electron chi connectivity index (χ1n) is 12.6. The first kappa shape index (κ1) is 19.4. The maximum Gasteiger partial charge on any atom is -0.00848 e. The minimum absolute atomic E-state index is 0.528. The summed E-state index contributed by atoms with van der Waals surface area (Å²) in [5.41, 5.74) is 6.06. The Balaban J connectivity index is 1.43. The summed E-state index contributed by atoms with van der Waals surface area (Å²) < 4.78 is 0. The van der Waals surface area contributed by atoms with E-state index in [2.05, 4.69) is 53.7 Å². The second kappa shape index (κ2) is 6.01.